The number of carboxylic acid groups (broad SMARTS) is 1. The van der Waals surface area contributed by atoms with Crippen LogP contribution in [0.25, 0.3) is 11.0 Å². The van der Waals surface area contributed by atoms with Crippen molar-refractivity contribution in [3.05, 3.63) is 66.0 Å². The molecule has 1 atom stereocenters. The quantitative estimate of drug-likeness (QED) is 0.792. The largest absolute Gasteiger partial charge is 0.478 e. The second-order valence-electron chi connectivity index (χ2n) is 4.97. The molecule has 21 heavy (non-hydrogen) atoms. The molecule has 0 fully saturated rings. The first-order valence-electron chi connectivity index (χ1n) is 6.96. The van der Waals surface area contributed by atoms with Gasteiger partial charge in [-0.3, -0.25) is 0 Å². The van der Waals surface area contributed by atoms with E-state index in [1.165, 1.54) is 5.56 Å². The Hall–Kier alpha value is -2.62. The van der Waals surface area contributed by atoms with Crippen LogP contribution in [0.3, 0.4) is 0 Å². The monoisotopic (exact) mass is 280 g/mol. The van der Waals surface area contributed by atoms with Gasteiger partial charge in [0.05, 0.1) is 23.4 Å². The number of rotatable bonds is 4. The van der Waals surface area contributed by atoms with Crippen molar-refractivity contribution in [3.8, 4) is 0 Å². The molecule has 1 heterocycles. The Morgan fingerprint density at radius 3 is 2.62 bits per heavy atom. The lowest BCUT2D eigenvalue weighted by Crippen LogP contribution is -2.08. The summed E-state index contributed by atoms with van der Waals surface area (Å²) in [6, 6.07) is 15.6. The van der Waals surface area contributed by atoms with Crippen LogP contribution in [0.4, 0.5) is 0 Å². The van der Waals surface area contributed by atoms with Gasteiger partial charge in [-0.15, -0.1) is 0 Å². The third-order valence-electron chi connectivity index (χ3n) is 3.74. The zero-order valence-corrected chi connectivity index (χ0v) is 11.7. The SMILES string of the molecule is CCC(c1ccccc1)n1cnc2c(C(=O)O)cccc21. The molecule has 3 aromatic rings. The molecule has 0 saturated heterocycles. The van der Waals surface area contributed by atoms with Gasteiger partial charge < -0.3 is 9.67 Å². The molecule has 0 amide bonds. The second-order valence-corrected chi connectivity index (χ2v) is 4.97. The van der Waals surface area contributed by atoms with Crippen molar-refractivity contribution < 1.29 is 9.90 Å². The van der Waals surface area contributed by atoms with Crippen molar-refractivity contribution in [2.45, 2.75) is 19.4 Å². The van der Waals surface area contributed by atoms with Crippen molar-refractivity contribution in [2.24, 2.45) is 0 Å². The molecule has 0 spiro atoms. The predicted molar refractivity (Wildman–Crippen MR) is 81.6 cm³/mol. The first kappa shape index (κ1) is 13.4. The normalized spacial score (nSPS) is 12.4. The smallest absolute Gasteiger partial charge is 0.337 e. The van der Waals surface area contributed by atoms with E-state index in [2.05, 4.69) is 28.6 Å². The average Bonchev–Trinajstić information content (AvgIpc) is 2.93. The first-order chi connectivity index (χ1) is 10.2. The van der Waals surface area contributed by atoms with E-state index in [0.717, 1.165) is 11.9 Å². The van der Waals surface area contributed by atoms with E-state index in [-0.39, 0.29) is 11.6 Å². The average molecular weight is 280 g/mol. The summed E-state index contributed by atoms with van der Waals surface area (Å²) in [5, 5.41) is 9.26. The van der Waals surface area contributed by atoms with Crippen LogP contribution in [-0.4, -0.2) is 20.6 Å². The van der Waals surface area contributed by atoms with Crippen LogP contribution in [0, 0.1) is 0 Å². The molecular weight excluding hydrogens is 264 g/mol. The van der Waals surface area contributed by atoms with Crippen LogP contribution in [0.5, 0.6) is 0 Å². The molecule has 0 saturated carbocycles. The fourth-order valence-electron chi connectivity index (χ4n) is 2.75. The summed E-state index contributed by atoms with van der Waals surface area (Å²) in [6.07, 6.45) is 2.64. The third-order valence-corrected chi connectivity index (χ3v) is 3.74. The van der Waals surface area contributed by atoms with Gasteiger partial charge in [0.25, 0.3) is 0 Å². The van der Waals surface area contributed by atoms with E-state index in [1.54, 1.807) is 18.5 Å². The Balaban J connectivity index is 2.16. The lowest BCUT2D eigenvalue weighted by molar-refractivity contribution is 0.0699. The Morgan fingerprint density at radius 1 is 1.19 bits per heavy atom. The number of nitrogens with zero attached hydrogens (tertiary/aromatic N) is 2. The van der Waals surface area contributed by atoms with Crippen molar-refractivity contribution in [2.75, 3.05) is 0 Å². The molecule has 0 radical (unpaired) electrons. The number of carbonyl (C=O) groups is 1. The van der Waals surface area contributed by atoms with Gasteiger partial charge >= 0.3 is 5.97 Å². The van der Waals surface area contributed by atoms with Gasteiger partial charge in [-0.05, 0) is 24.1 Å². The highest BCUT2D eigenvalue weighted by Gasteiger charge is 2.17. The molecule has 0 bridgehead atoms. The number of para-hydroxylation sites is 1. The molecule has 2 aromatic carbocycles. The summed E-state index contributed by atoms with van der Waals surface area (Å²) in [5.74, 6) is -0.946. The highest BCUT2D eigenvalue weighted by atomic mass is 16.4. The Kier molecular flexibility index (Phi) is 3.44. The van der Waals surface area contributed by atoms with Gasteiger partial charge in [-0.2, -0.15) is 0 Å². The molecule has 3 rings (SSSR count). The first-order valence-corrected chi connectivity index (χ1v) is 6.96. The molecule has 1 unspecified atom stereocenters. The second kappa shape index (κ2) is 5.40. The fourth-order valence-corrected chi connectivity index (χ4v) is 2.75. The van der Waals surface area contributed by atoms with Gasteiger partial charge in [0.1, 0.15) is 5.52 Å². The fraction of sp³-hybridized carbons (Fsp3) is 0.176. The summed E-state index contributed by atoms with van der Waals surface area (Å²) >= 11 is 0. The highest BCUT2D eigenvalue weighted by molar-refractivity contribution is 6.00. The minimum absolute atomic E-state index is 0.153. The molecule has 0 aliphatic rings. The number of fused-ring (bicyclic) bond motifs is 1. The number of aromatic nitrogens is 2. The van der Waals surface area contributed by atoms with Crippen molar-refractivity contribution >= 4 is 17.0 Å². The molecule has 1 aromatic heterocycles. The number of aromatic carboxylic acids is 1. The number of hydrogen-bond acceptors (Lipinski definition) is 2. The lowest BCUT2D eigenvalue weighted by atomic mass is 10.0. The van der Waals surface area contributed by atoms with E-state index in [1.807, 2.05) is 24.3 Å². The zero-order chi connectivity index (χ0) is 14.8. The van der Waals surface area contributed by atoms with E-state index in [4.69, 9.17) is 0 Å². The Labute approximate surface area is 122 Å². The van der Waals surface area contributed by atoms with Crippen LogP contribution in [0.15, 0.2) is 54.9 Å². The maximum Gasteiger partial charge on any atom is 0.337 e. The van der Waals surface area contributed by atoms with Crippen molar-refractivity contribution in [1.82, 2.24) is 9.55 Å². The maximum absolute atomic E-state index is 11.3. The van der Waals surface area contributed by atoms with Crippen LogP contribution in [0.1, 0.15) is 35.3 Å². The van der Waals surface area contributed by atoms with Gasteiger partial charge in [-0.1, -0.05) is 43.3 Å². The van der Waals surface area contributed by atoms with Crippen LogP contribution in [-0.2, 0) is 0 Å². The molecule has 106 valence electrons. The molecule has 4 heteroatoms. The van der Waals surface area contributed by atoms with E-state index in [9.17, 15) is 9.90 Å². The van der Waals surface area contributed by atoms with Gasteiger partial charge in [0.15, 0.2) is 0 Å². The van der Waals surface area contributed by atoms with Crippen LogP contribution >= 0.6 is 0 Å². The van der Waals surface area contributed by atoms with Gasteiger partial charge in [0, 0.05) is 0 Å². The van der Waals surface area contributed by atoms with Crippen LogP contribution < -0.4 is 0 Å². The number of carboxylic acids is 1. The Bertz CT molecular complexity index is 778. The minimum Gasteiger partial charge on any atom is -0.478 e. The van der Waals surface area contributed by atoms with Crippen molar-refractivity contribution in [3.63, 3.8) is 0 Å². The number of imidazole rings is 1. The van der Waals surface area contributed by atoms with Gasteiger partial charge in [0.2, 0.25) is 0 Å². The molecule has 0 aliphatic heterocycles. The third kappa shape index (κ3) is 2.29. The number of benzene rings is 2. The van der Waals surface area contributed by atoms with E-state index >= 15 is 0 Å². The topological polar surface area (TPSA) is 55.1 Å². The van der Waals surface area contributed by atoms with Crippen molar-refractivity contribution in [1.29, 1.82) is 0 Å². The predicted octanol–water partition coefficient (Wildman–Crippen LogP) is 3.73. The summed E-state index contributed by atoms with van der Waals surface area (Å²) in [6.45, 7) is 2.12. The molecular formula is C17H16N2O2. The molecule has 0 aliphatic carbocycles. The minimum atomic E-state index is -0.946. The molecule has 4 nitrogen and oxygen atoms in total. The van der Waals surface area contributed by atoms with Crippen LogP contribution in [0.2, 0.25) is 0 Å². The summed E-state index contributed by atoms with van der Waals surface area (Å²) < 4.78 is 2.05. The standard InChI is InChI=1S/C17H16N2O2/c1-2-14(12-7-4-3-5-8-12)19-11-18-16-13(17(20)21)9-6-10-15(16)19/h3-11,14H,2H2,1H3,(H,20,21). The summed E-state index contributed by atoms with van der Waals surface area (Å²) in [5.41, 5.74) is 2.83. The number of hydrogen-bond donors (Lipinski definition) is 1. The highest BCUT2D eigenvalue weighted by Crippen LogP contribution is 2.27. The van der Waals surface area contributed by atoms with E-state index in [0.29, 0.717) is 5.52 Å². The van der Waals surface area contributed by atoms with Gasteiger partial charge in [-0.25, -0.2) is 9.78 Å². The summed E-state index contributed by atoms with van der Waals surface area (Å²) in [7, 11) is 0. The Morgan fingerprint density at radius 2 is 1.95 bits per heavy atom. The lowest BCUT2D eigenvalue weighted by Gasteiger charge is -2.18. The summed E-state index contributed by atoms with van der Waals surface area (Å²) in [4.78, 5) is 15.6. The molecule has 1 N–H and O–H groups in total. The maximum atomic E-state index is 11.3. The zero-order valence-electron chi connectivity index (χ0n) is 11.7. The van der Waals surface area contributed by atoms with E-state index < -0.39 is 5.97 Å².